The SMILES string of the molecule is CNCc1cc(F)cc(-n2ccc(C(C)C)n2)c1. The van der Waals surface area contributed by atoms with Crippen LogP contribution in [0.3, 0.4) is 0 Å². The average Bonchev–Trinajstić information content (AvgIpc) is 2.78. The third-order valence-electron chi connectivity index (χ3n) is 2.79. The molecule has 0 bridgehead atoms. The van der Waals surface area contributed by atoms with Gasteiger partial charge in [-0.1, -0.05) is 13.8 Å². The molecule has 0 saturated heterocycles. The molecular formula is C14H18FN3. The van der Waals surface area contributed by atoms with Crippen LogP contribution in [-0.4, -0.2) is 16.8 Å². The molecule has 0 amide bonds. The molecule has 0 saturated carbocycles. The molecular weight excluding hydrogens is 229 g/mol. The summed E-state index contributed by atoms with van der Waals surface area (Å²) < 4.78 is 15.3. The maximum atomic E-state index is 13.5. The van der Waals surface area contributed by atoms with Gasteiger partial charge in [-0.15, -0.1) is 0 Å². The van der Waals surface area contributed by atoms with Crippen molar-refractivity contribution in [1.29, 1.82) is 0 Å². The zero-order valence-corrected chi connectivity index (χ0v) is 10.9. The third kappa shape index (κ3) is 2.76. The summed E-state index contributed by atoms with van der Waals surface area (Å²) in [6.45, 7) is 4.82. The number of hydrogen-bond donors (Lipinski definition) is 1. The van der Waals surface area contributed by atoms with Gasteiger partial charge in [0.15, 0.2) is 0 Å². The molecule has 1 N–H and O–H groups in total. The lowest BCUT2D eigenvalue weighted by atomic mass is 10.1. The number of benzene rings is 1. The van der Waals surface area contributed by atoms with Crippen LogP contribution >= 0.6 is 0 Å². The van der Waals surface area contributed by atoms with Gasteiger partial charge in [-0.2, -0.15) is 5.10 Å². The molecule has 4 heteroatoms. The van der Waals surface area contributed by atoms with Crippen LogP contribution in [-0.2, 0) is 6.54 Å². The van der Waals surface area contributed by atoms with Crippen molar-refractivity contribution in [2.75, 3.05) is 7.05 Å². The molecule has 1 heterocycles. The van der Waals surface area contributed by atoms with Crippen LogP contribution in [0.15, 0.2) is 30.5 Å². The van der Waals surface area contributed by atoms with Gasteiger partial charge in [0.25, 0.3) is 0 Å². The minimum atomic E-state index is -0.237. The number of halogens is 1. The van der Waals surface area contributed by atoms with E-state index in [1.165, 1.54) is 12.1 Å². The Morgan fingerprint density at radius 2 is 2.11 bits per heavy atom. The molecule has 18 heavy (non-hydrogen) atoms. The highest BCUT2D eigenvalue weighted by atomic mass is 19.1. The van der Waals surface area contributed by atoms with Crippen LogP contribution in [0, 0.1) is 5.82 Å². The quantitative estimate of drug-likeness (QED) is 0.900. The second kappa shape index (κ2) is 5.31. The van der Waals surface area contributed by atoms with Crippen LogP contribution in [0.25, 0.3) is 5.69 Å². The minimum absolute atomic E-state index is 0.237. The van der Waals surface area contributed by atoms with E-state index in [2.05, 4.69) is 24.3 Å². The lowest BCUT2D eigenvalue weighted by Crippen LogP contribution is -2.07. The van der Waals surface area contributed by atoms with Gasteiger partial charge in [0.1, 0.15) is 5.82 Å². The summed E-state index contributed by atoms with van der Waals surface area (Å²) in [5.41, 5.74) is 2.68. The van der Waals surface area contributed by atoms with Gasteiger partial charge in [0, 0.05) is 12.7 Å². The summed E-state index contributed by atoms with van der Waals surface area (Å²) in [5, 5.41) is 7.47. The van der Waals surface area contributed by atoms with Gasteiger partial charge in [-0.05, 0) is 42.8 Å². The molecule has 96 valence electrons. The highest BCUT2D eigenvalue weighted by Crippen LogP contribution is 2.16. The monoisotopic (exact) mass is 247 g/mol. The molecule has 3 nitrogen and oxygen atoms in total. The Morgan fingerprint density at radius 3 is 2.72 bits per heavy atom. The lowest BCUT2D eigenvalue weighted by Gasteiger charge is -2.06. The Balaban J connectivity index is 2.36. The van der Waals surface area contributed by atoms with Crippen molar-refractivity contribution in [2.45, 2.75) is 26.3 Å². The van der Waals surface area contributed by atoms with Gasteiger partial charge in [0.05, 0.1) is 11.4 Å². The molecule has 0 atom stereocenters. The van der Waals surface area contributed by atoms with Crippen LogP contribution < -0.4 is 5.32 Å². The Morgan fingerprint density at radius 1 is 1.33 bits per heavy atom. The summed E-state index contributed by atoms with van der Waals surface area (Å²) >= 11 is 0. The summed E-state index contributed by atoms with van der Waals surface area (Å²) in [6.07, 6.45) is 1.87. The number of rotatable bonds is 4. The van der Waals surface area contributed by atoms with E-state index in [1.807, 2.05) is 25.4 Å². The zero-order chi connectivity index (χ0) is 13.1. The third-order valence-corrected chi connectivity index (χ3v) is 2.79. The van der Waals surface area contributed by atoms with E-state index in [-0.39, 0.29) is 5.82 Å². The van der Waals surface area contributed by atoms with E-state index in [4.69, 9.17) is 0 Å². The van der Waals surface area contributed by atoms with Crippen molar-refractivity contribution in [3.63, 3.8) is 0 Å². The predicted molar refractivity (Wildman–Crippen MR) is 70.4 cm³/mol. The van der Waals surface area contributed by atoms with Gasteiger partial charge < -0.3 is 5.32 Å². The van der Waals surface area contributed by atoms with E-state index in [9.17, 15) is 4.39 Å². The van der Waals surface area contributed by atoms with Gasteiger partial charge in [0.2, 0.25) is 0 Å². The smallest absolute Gasteiger partial charge is 0.125 e. The zero-order valence-electron chi connectivity index (χ0n) is 10.9. The molecule has 0 aliphatic carbocycles. The summed E-state index contributed by atoms with van der Waals surface area (Å²) in [7, 11) is 1.84. The predicted octanol–water partition coefficient (Wildman–Crippen LogP) is 2.85. The summed E-state index contributed by atoms with van der Waals surface area (Å²) in [6, 6.07) is 6.94. The maximum absolute atomic E-state index is 13.5. The fraction of sp³-hybridized carbons (Fsp3) is 0.357. The van der Waals surface area contributed by atoms with Crippen molar-refractivity contribution in [3.05, 3.63) is 47.5 Å². The van der Waals surface area contributed by atoms with E-state index < -0.39 is 0 Å². The molecule has 0 fully saturated rings. The second-order valence-electron chi connectivity index (χ2n) is 4.69. The molecule has 2 rings (SSSR count). The first-order chi connectivity index (χ1) is 8.60. The lowest BCUT2D eigenvalue weighted by molar-refractivity contribution is 0.620. The fourth-order valence-corrected chi connectivity index (χ4v) is 1.86. The van der Waals surface area contributed by atoms with Gasteiger partial charge in [-0.25, -0.2) is 9.07 Å². The molecule has 2 aromatic rings. The van der Waals surface area contributed by atoms with E-state index in [1.54, 1.807) is 4.68 Å². The highest BCUT2D eigenvalue weighted by molar-refractivity contribution is 5.36. The molecule has 0 aliphatic heterocycles. The molecule has 1 aromatic heterocycles. The molecule has 1 aromatic carbocycles. The van der Waals surface area contributed by atoms with Crippen LogP contribution in [0.1, 0.15) is 31.0 Å². The number of aromatic nitrogens is 2. The Bertz CT molecular complexity index is 532. The summed E-state index contributed by atoms with van der Waals surface area (Å²) in [4.78, 5) is 0. The Labute approximate surface area is 107 Å². The van der Waals surface area contributed by atoms with Crippen LogP contribution in [0.5, 0.6) is 0 Å². The first kappa shape index (κ1) is 12.8. The van der Waals surface area contributed by atoms with Crippen molar-refractivity contribution >= 4 is 0 Å². The molecule has 0 spiro atoms. The van der Waals surface area contributed by atoms with Crippen molar-refractivity contribution < 1.29 is 4.39 Å². The minimum Gasteiger partial charge on any atom is -0.316 e. The van der Waals surface area contributed by atoms with Gasteiger partial charge in [-0.3, -0.25) is 0 Å². The topological polar surface area (TPSA) is 29.9 Å². The number of nitrogens with one attached hydrogen (secondary N) is 1. The number of hydrogen-bond acceptors (Lipinski definition) is 2. The van der Waals surface area contributed by atoms with Gasteiger partial charge >= 0.3 is 0 Å². The van der Waals surface area contributed by atoms with Crippen LogP contribution in [0.2, 0.25) is 0 Å². The average molecular weight is 247 g/mol. The highest BCUT2D eigenvalue weighted by Gasteiger charge is 2.07. The largest absolute Gasteiger partial charge is 0.316 e. The van der Waals surface area contributed by atoms with Crippen molar-refractivity contribution in [1.82, 2.24) is 15.1 Å². The normalized spacial score (nSPS) is 11.2. The Hall–Kier alpha value is -1.68. The molecule has 0 aliphatic rings. The number of nitrogens with zero attached hydrogens (tertiary/aromatic N) is 2. The van der Waals surface area contributed by atoms with Crippen molar-refractivity contribution in [2.24, 2.45) is 0 Å². The first-order valence-electron chi connectivity index (χ1n) is 6.10. The standard InChI is InChI=1S/C14H18FN3/c1-10(2)14-4-5-18(17-14)13-7-11(9-16-3)6-12(15)8-13/h4-8,10,16H,9H2,1-3H3. The maximum Gasteiger partial charge on any atom is 0.125 e. The Kier molecular flexibility index (Phi) is 3.77. The van der Waals surface area contributed by atoms with E-state index in [0.717, 1.165) is 16.9 Å². The fourth-order valence-electron chi connectivity index (χ4n) is 1.86. The molecule has 0 unspecified atom stereocenters. The van der Waals surface area contributed by atoms with Crippen LogP contribution in [0.4, 0.5) is 4.39 Å². The van der Waals surface area contributed by atoms with Crippen molar-refractivity contribution in [3.8, 4) is 5.69 Å². The first-order valence-corrected chi connectivity index (χ1v) is 6.10. The second-order valence-corrected chi connectivity index (χ2v) is 4.69. The summed E-state index contributed by atoms with van der Waals surface area (Å²) in [5.74, 6) is 0.135. The van der Waals surface area contributed by atoms with E-state index in [0.29, 0.717) is 12.5 Å². The van der Waals surface area contributed by atoms with E-state index >= 15 is 0 Å². The molecule has 0 radical (unpaired) electrons.